The Kier molecular flexibility index (Phi) is 3.41. The van der Waals surface area contributed by atoms with Crippen LogP contribution in [-0.4, -0.2) is 22.9 Å². The Morgan fingerprint density at radius 3 is 2.74 bits per heavy atom. The molecular formula is C13H12FN3O2. The van der Waals surface area contributed by atoms with E-state index in [0.717, 1.165) is 6.07 Å². The number of aryl methyl sites for hydroxylation is 1. The van der Waals surface area contributed by atoms with E-state index in [1.807, 2.05) is 0 Å². The van der Waals surface area contributed by atoms with Crippen molar-refractivity contribution in [2.45, 2.75) is 6.92 Å². The number of nitrogens with zero attached hydrogens (tertiary/aromatic N) is 2. The van der Waals surface area contributed by atoms with E-state index in [-0.39, 0.29) is 22.7 Å². The van der Waals surface area contributed by atoms with Gasteiger partial charge >= 0.3 is 0 Å². The summed E-state index contributed by atoms with van der Waals surface area (Å²) in [6, 6.07) is 3.69. The number of hydrogen-bond donors (Lipinski definition) is 1. The molecule has 98 valence electrons. The summed E-state index contributed by atoms with van der Waals surface area (Å²) in [5.74, 6) is -0.222. The number of nitrogens with two attached hydrogens (primary N) is 1. The van der Waals surface area contributed by atoms with Crippen LogP contribution in [0.25, 0.3) is 0 Å². The van der Waals surface area contributed by atoms with Crippen molar-refractivity contribution in [3.63, 3.8) is 0 Å². The highest BCUT2D eigenvalue weighted by Gasteiger charge is 2.19. The van der Waals surface area contributed by atoms with Gasteiger partial charge in [-0.15, -0.1) is 0 Å². The van der Waals surface area contributed by atoms with Crippen LogP contribution in [-0.2, 0) is 0 Å². The van der Waals surface area contributed by atoms with Crippen LogP contribution in [0.5, 0.6) is 5.75 Å². The minimum Gasteiger partial charge on any atom is -0.496 e. The molecule has 0 aliphatic carbocycles. The van der Waals surface area contributed by atoms with Gasteiger partial charge in [0.1, 0.15) is 23.2 Å². The first-order valence-electron chi connectivity index (χ1n) is 5.50. The van der Waals surface area contributed by atoms with E-state index in [1.54, 1.807) is 6.92 Å². The Balaban J connectivity index is 2.52. The number of benzene rings is 1. The molecule has 0 spiro atoms. The van der Waals surface area contributed by atoms with Crippen molar-refractivity contribution >= 4 is 11.6 Å². The summed E-state index contributed by atoms with van der Waals surface area (Å²) in [6.45, 7) is 1.66. The van der Waals surface area contributed by atoms with Gasteiger partial charge in [0, 0.05) is 6.20 Å². The average Bonchev–Trinajstić information content (AvgIpc) is 2.38. The smallest absolute Gasteiger partial charge is 0.202 e. The average molecular weight is 261 g/mol. The Hall–Kier alpha value is -2.50. The lowest BCUT2D eigenvalue weighted by Crippen LogP contribution is -2.10. The number of anilines is 1. The predicted molar refractivity (Wildman–Crippen MR) is 67.6 cm³/mol. The number of ketones is 1. The summed E-state index contributed by atoms with van der Waals surface area (Å²) >= 11 is 0. The number of aromatic nitrogens is 2. The molecule has 0 amide bonds. The summed E-state index contributed by atoms with van der Waals surface area (Å²) in [5, 5.41) is 0. The van der Waals surface area contributed by atoms with Crippen molar-refractivity contribution in [1.82, 2.24) is 9.97 Å². The molecule has 0 atom stereocenters. The number of ether oxygens (including phenoxy) is 1. The standard InChI is InChI=1S/C13H12FN3O2/c1-7-16-6-10(13(15)17-7)12(18)9-5-8(14)3-4-11(9)19-2/h3-6H,1-2H3,(H2,15,16,17). The Morgan fingerprint density at radius 1 is 1.37 bits per heavy atom. The van der Waals surface area contributed by atoms with E-state index in [1.165, 1.54) is 25.4 Å². The van der Waals surface area contributed by atoms with E-state index < -0.39 is 11.6 Å². The Morgan fingerprint density at radius 2 is 2.11 bits per heavy atom. The number of carbonyl (C=O) groups is 1. The second kappa shape index (κ2) is 5.01. The molecule has 2 aromatic rings. The largest absolute Gasteiger partial charge is 0.496 e. The number of nitrogen functional groups attached to an aromatic ring is 1. The molecule has 2 N–H and O–H groups in total. The quantitative estimate of drug-likeness (QED) is 0.851. The SMILES string of the molecule is COc1ccc(F)cc1C(=O)c1cnc(C)nc1N. The van der Waals surface area contributed by atoms with Gasteiger partial charge in [0.25, 0.3) is 0 Å². The van der Waals surface area contributed by atoms with E-state index in [0.29, 0.717) is 5.82 Å². The highest BCUT2D eigenvalue weighted by atomic mass is 19.1. The van der Waals surface area contributed by atoms with Crippen molar-refractivity contribution in [1.29, 1.82) is 0 Å². The molecule has 19 heavy (non-hydrogen) atoms. The predicted octanol–water partition coefficient (Wildman–Crippen LogP) is 1.75. The lowest BCUT2D eigenvalue weighted by atomic mass is 10.0. The molecule has 0 saturated carbocycles. The minimum absolute atomic E-state index is 0.0591. The van der Waals surface area contributed by atoms with E-state index >= 15 is 0 Å². The van der Waals surface area contributed by atoms with Crippen molar-refractivity contribution in [3.05, 3.63) is 47.2 Å². The fourth-order valence-electron chi connectivity index (χ4n) is 1.67. The van der Waals surface area contributed by atoms with Crippen LogP contribution in [0.3, 0.4) is 0 Å². The zero-order valence-corrected chi connectivity index (χ0v) is 10.5. The monoisotopic (exact) mass is 261 g/mol. The number of methoxy groups -OCH3 is 1. The van der Waals surface area contributed by atoms with Crippen LogP contribution < -0.4 is 10.5 Å². The molecule has 1 aromatic carbocycles. The molecule has 0 saturated heterocycles. The maximum absolute atomic E-state index is 13.3. The van der Waals surface area contributed by atoms with Crippen LogP contribution >= 0.6 is 0 Å². The number of halogens is 1. The summed E-state index contributed by atoms with van der Waals surface area (Å²) < 4.78 is 18.3. The highest BCUT2D eigenvalue weighted by Crippen LogP contribution is 2.24. The molecular weight excluding hydrogens is 249 g/mol. The Labute approximate surface area is 109 Å². The van der Waals surface area contributed by atoms with Crippen molar-refractivity contribution in [2.24, 2.45) is 0 Å². The van der Waals surface area contributed by atoms with Crippen LogP contribution in [0.2, 0.25) is 0 Å². The summed E-state index contributed by atoms with van der Waals surface area (Å²) in [7, 11) is 1.40. The lowest BCUT2D eigenvalue weighted by Gasteiger charge is -2.09. The van der Waals surface area contributed by atoms with Gasteiger partial charge in [0.15, 0.2) is 0 Å². The molecule has 0 unspecified atom stereocenters. The molecule has 5 nitrogen and oxygen atoms in total. The molecule has 2 rings (SSSR count). The van der Waals surface area contributed by atoms with Crippen LogP contribution in [0, 0.1) is 12.7 Å². The first-order chi connectivity index (χ1) is 9.02. The molecule has 1 aromatic heterocycles. The molecule has 0 bridgehead atoms. The number of rotatable bonds is 3. The van der Waals surface area contributed by atoms with Gasteiger partial charge in [-0.25, -0.2) is 14.4 Å². The molecule has 0 fully saturated rings. The maximum Gasteiger partial charge on any atom is 0.202 e. The van der Waals surface area contributed by atoms with Gasteiger partial charge in [-0.1, -0.05) is 0 Å². The van der Waals surface area contributed by atoms with E-state index in [9.17, 15) is 9.18 Å². The minimum atomic E-state index is -0.532. The lowest BCUT2D eigenvalue weighted by molar-refractivity contribution is 0.103. The van der Waals surface area contributed by atoms with Gasteiger partial charge in [-0.05, 0) is 25.1 Å². The normalized spacial score (nSPS) is 10.3. The van der Waals surface area contributed by atoms with E-state index in [2.05, 4.69) is 9.97 Å². The maximum atomic E-state index is 13.3. The van der Waals surface area contributed by atoms with E-state index in [4.69, 9.17) is 10.5 Å². The van der Waals surface area contributed by atoms with Crippen LogP contribution in [0.1, 0.15) is 21.7 Å². The molecule has 6 heteroatoms. The summed E-state index contributed by atoms with van der Waals surface area (Å²) in [6.07, 6.45) is 1.32. The van der Waals surface area contributed by atoms with Crippen molar-refractivity contribution in [2.75, 3.05) is 12.8 Å². The molecule has 0 aliphatic rings. The molecule has 1 heterocycles. The number of hydrogen-bond acceptors (Lipinski definition) is 5. The van der Waals surface area contributed by atoms with Gasteiger partial charge in [-0.2, -0.15) is 0 Å². The third-order valence-corrected chi connectivity index (χ3v) is 2.59. The first-order valence-corrected chi connectivity index (χ1v) is 5.50. The van der Waals surface area contributed by atoms with Gasteiger partial charge in [0.2, 0.25) is 5.78 Å². The van der Waals surface area contributed by atoms with Crippen molar-refractivity contribution < 1.29 is 13.9 Å². The van der Waals surface area contributed by atoms with Crippen LogP contribution in [0.4, 0.5) is 10.2 Å². The third kappa shape index (κ3) is 2.52. The fraction of sp³-hybridized carbons (Fsp3) is 0.154. The second-order valence-corrected chi connectivity index (χ2v) is 3.89. The molecule has 0 radical (unpaired) electrons. The summed E-state index contributed by atoms with van der Waals surface area (Å²) in [5.41, 5.74) is 5.89. The van der Waals surface area contributed by atoms with Crippen molar-refractivity contribution in [3.8, 4) is 5.75 Å². The second-order valence-electron chi connectivity index (χ2n) is 3.89. The van der Waals surface area contributed by atoms with Gasteiger partial charge in [0.05, 0.1) is 18.2 Å². The zero-order chi connectivity index (χ0) is 14.0. The highest BCUT2D eigenvalue weighted by molar-refractivity contribution is 6.13. The molecule has 0 aliphatic heterocycles. The first kappa shape index (κ1) is 12.9. The van der Waals surface area contributed by atoms with Crippen LogP contribution in [0.15, 0.2) is 24.4 Å². The summed E-state index contributed by atoms with van der Waals surface area (Å²) in [4.78, 5) is 20.1. The Bertz CT molecular complexity index is 644. The number of carbonyl (C=O) groups excluding carboxylic acids is 1. The van der Waals surface area contributed by atoms with Gasteiger partial charge in [-0.3, -0.25) is 4.79 Å². The van der Waals surface area contributed by atoms with Gasteiger partial charge < -0.3 is 10.5 Å². The fourth-order valence-corrected chi connectivity index (χ4v) is 1.67. The topological polar surface area (TPSA) is 78.1 Å². The zero-order valence-electron chi connectivity index (χ0n) is 10.5. The third-order valence-electron chi connectivity index (χ3n) is 2.59.